The number of hydrogen-bond donors (Lipinski definition) is 3. The van der Waals surface area contributed by atoms with Crippen molar-refractivity contribution in [2.75, 3.05) is 0 Å². The fourth-order valence-corrected chi connectivity index (χ4v) is 2.20. The lowest BCUT2D eigenvalue weighted by Gasteiger charge is -2.26. The molecule has 6 nitrogen and oxygen atoms in total. The van der Waals surface area contributed by atoms with Gasteiger partial charge in [0, 0.05) is 6.54 Å². The van der Waals surface area contributed by atoms with Gasteiger partial charge in [0.1, 0.15) is 5.54 Å². The van der Waals surface area contributed by atoms with E-state index in [1.807, 2.05) is 6.07 Å². The molecular weight excluding hydrogens is 270 g/mol. The summed E-state index contributed by atoms with van der Waals surface area (Å²) in [6.45, 7) is 1.77. The Kier molecular flexibility index (Phi) is 4.13. The fourth-order valence-electron chi connectivity index (χ4n) is 2.20. The molecule has 0 aromatic heterocycles. The van der Waals surface area contributed by atoms with E-state index in [-0.39, 0.29) is 12.5 Å². The molecule has 0 heterocycles. The van der Waals surface area contributed by atoms with Crippen LogP contribution in [0.25, 0.3) is 0 Å². The van der Waals surface area contributed by atoms with Crippen LogP contribution in [0.4, 0.5) is 4.79 Å². The van der Waals surface area contributed by atoms with E-state index in [0.717, 1.165) is 18.4 Å². The van der Waals surface area contributed by atoms with E-state index >= 15 is 0 Å². The molecule has 0 radical (unpaired) electrons. The van der Waals surface area contributed by atoms with Crippen LogP contribution >= 0.6 is 0 Å². The van der Waals surface area contributed by atoms with Crippen LogP contribution in [0.2, 0.25) is 0 Å². The predicted octanol–water partition coefficient (Wildman–Crippen LogP) is 1.61. The lowest BCUT2D eigenvalue weighted by Crippen LogP contribution is -2.56. The highest BCUT2D eigenvalue weighted by Crippen LogP contribution is 2.39. The van der Waals surface area contributed by atoms with E-state index in [2.05, 4.69) is 10.6 Å². The van der Waals surface area contributed by atoms with Gasteiger partial charge in [-0.05, 0) is 43.4 Å². The van der Waals surface area contributed by atoms with Gasteiger partial charge in [-0.1, -0.05) is 12.1 Å². The lowest BCUT2D eigenvalue weighted by atomic mass is 9.96. The summed E-state index contributed by atoms with van der Waals surface area (Å²) in [5, 5.41) is 23.2. The normalized spacial score (nSPS) is 16.4. The molecule has 1 aromatic carbocycles. The molecule has 2 amide bonds. The minimum absolute atomic E-state index is 0.0114. The molecule has 1 aliphatic carbocycles. The van der Waals surface area contributed by atoms with Gasteiger partial charge in [0.05, 0.1) is 11.6 Å². The van der Waals surface area contributed by atoms with Crippen LogP contribution in [-0.2, 0) is 11.3 Å². The van der Waals surface area contributed by atoms with Crippen molar-refractivity contribution in [3.63, 3.8) is 0 Å². The van der Waals surface area contributed by atoms with Crippen molar-refractivity contribution < 1.29 is 14.7 Å². The van der Waals surface area contributed by atoms with Crippen molar-refractivity contribution in [3.8, 4) is 6.07 Å². The molecule has 1 saturated carbocycles. The van der Waals surface area contributed by atoms with Gasteiger partial charge in [0.15, 0.2) is 0 Å². The maximum atomic E-state index is 11.9. The number of rotatable bonds is 5. The Balaban J connectivity index is 1.92. The summed E-state index contributed by atoms with van der Waals surface area (Å²) in [5.74, 6) is -1.03. The second-order valence-electron chi connectivity index (χ2n) is 5.40. The maximum Gasteiger partial charge on any atom is 0.329 e. The van der Waals surface area contributed by atoms with Gasteiger partial charge in [-0.2, -0.15) is 5.26 Å². The molecule has 0 bridgehead atoms. The highest BCUT2D eigenvalue weighted by atomic mass is 16.4. The number of aliphatic carboxylic acids is 1. The Morgan fingerprint density at radius 3 is 2.76 bits per heavy atom. The number of hydrogen-bond acceptors (Lipinski definition) is 3. The van der Waals surface area contributed by atoms with Crippen LogP contribution < -0.4 is 10.6 Å². The monoisotopic (exact) mass is 287 g/mol. The van der Waals surface area contributed by atoms with Crippen LogP contribution in [0.15, 0.2) is 24.3 Å². The Morgan fingerprint density at radius 1 is 1.48 bits per heavy atom. The molecule has 1 atom stereocenters. The smallest absolute Gasteiger partial charge is 0.329 e. The topological polar surface area (TPSA) is 102 Å². The van der Waals surface area contributed by atoms with Gasteiger partial charge in [-0.3, -0.25) is 0 Å². The highest BCUT2D eigenvalue weighted by molar-refractivity contribution is 5.86. The van der Waals surface area contributed by atoms with E-state index in [0.29, 0.717) is 5.56 Å². The van der Waals surface area contributed by atoms with Crippen molar-refractivity contribution in [3.05, 3.63) is 35.4 Å². The van der Waals surface area contributed by atoms with E-state index in [9.17, 15) is 14.7 Å². The average molecular weight is 287 g/mol. The molecule has 2 rings (SSSR count). The van der Waals surface area contributed by atoms with Crippen molar-refractivity contribution in [2.45, 2.75) is 31.8 Å². The molecular formula is C15H17N3O3. The van der Waals surface area contributed by atoms with Crippen molar-refractivity contribution in [1.82, 2.24) is 10.6 Å². The molecule has 3 N–H and O–H groups in total. The van der Waals surface area contributed by atoms with E-state index in [1.54, 1.807) is 24.3 Å². The van der Waals surface area contributed by atoms with Gasteiger partial charge < -0.3 is 15.7 Å². The van der Waals surface area contributed by atoms with Crippen molar-refractivity contribution in [1.29, 1.82) is 5.26 Å². The molecule has 110 valence electrons. The van der Waals surface area contributed by atoms with Crippen molar-refractivity contribution >= 4 is 12.0 Å². The Hall–Kier alpha value is -2.55. The van der Waals surface area contributed by atoms with Gasteiger partial charge in [0.2, 0.25) is 0 Å². The molecule has 1 aromatic rings. The third kappa shape index (κ3) is 3.51. The van der Waals surface area contributed by atoms with Crippen LogP contribution in [0.3, 0.4) is 0 Å². The summed E-state index contributed by atoms with van der Waals surface area (Å²) in [7, 11) is 0. The van der Waals surface area contributed by atoms with Gasteiger partial charge in [0.25, 0.3) is 0 Å². The molecule has 0 spiro atoms. The fraction of sp³-hybridized carbons (Fsp3) is 0.400. The zero-order chi connectivity index (χ0) is 15.5. The average Bonchev–Trinajstić information content (AvgIpc) is 3.30. The SMILES string of the molecule is CC(NC(=O)NCc1cccc(C#N)c1)(C(=O)O)C1CC1. The number of nitriles is 1. The van der Waals surface area contributed by atoms with Gasteiger partial charge >= 0.3 is 12.0 Å². The molecule has 0 aliphatic heterocycles. The summed E-state index contributed by atoms with van der Waals surface area (Å²) in [6.07, 6.45) is 1.63. The molecule has 1 unspecified atom stereocenters. The maximum absolute atomic E-state index is 11.9. The second-order valence-corrected chi connectivity index (χ2v) is 5.40. The largest absolute Gasteiger partial charge is 0.480 e. The van der Waals surface area contributed by atoms with Crippen LogP contribution in [0, 0.1) is 17.2 Å². The van der Waals surface area contributed by atoms with Gasteiger partial charge in [-0.25, -0.2) is 9.59 Å². The standard InChI is InChI=1S/C15H17N3O3/c1-15(13(19)20,12-5-6-12)18-14(21)17-9-11-4-2-3-10(7-11)8-16/h2-4,7,12H,5-6,9H2,1H3,(H,19,20)(H2,17,18,21). The third-order valence-electron chi connectivity index (χ3n) is 3.72. The van der Waals surface area contributed by atoms with Gasteiger partial charge in [-0.15, -0.1) is 0 Å². The van der Waals surface area contributed by atoms with Crippen LogP contribution in [-0.4, -0.2) is 22.6 Å². The number of carbonyl (C=O) groups excluding carboxylic acids is 1. The summed E-state index contributed by atoms with van der Waals surface area (Å²) in [6, 6.07) is 8.39. The third-order valence-corrected chi connectivity index (χ3v) is 3.72. The number of carboxylic acids is 1. The molecule has 1 aliphatic rings. The lowest BCUT2D eigenvalue weighted by molar-refractivity contribution is -0.144. The molecule has 21 heavy (non-hydrogen) atoms. The quantitative estimate of drug-likeness (QED) is 0.765. The first-order valence-electron chi connectivity index (χ1n) is 6.74. The van der Waals surface area contributed by atoms with E-state index in [4.69, 9.17) is 5.26 Å². The number of nitrogens with zero attached hydrogens (tertiary/aromatic N) is 1. The van der Waals surface area contributed by atoms with Crippen molar-refractivity contribution in [2.24, 2.45) is 5.92 Å². The predicted molar refractivity (Wildman–Crippen MR) is 75.3 cm³/mol. The first-order chi connectivity index (χ1) is 9.95. The number of carbonyl (C=O) groups is 2. The molecule has 1 fully saturated rings. The first-order valence-corrected chi connectivity index (χ1v) is 6.74. The summed E-state index contributed by atoms with van der Waals surface area (Å²) in [4.78, 5) is 23.2. The molecule has 0 saturated heterocycles. The zero-order valence-electron chi connectivity index (χ0n) is 11.7. The Morgan fingerprint density at radius 2 is 2.19 bits per heavy atom. The minimum Gasteiger partial charge on any atom is -0.480 e. The summed E-state index contributed by atoms with van der Waals surface area (Å²) < 4.78 is 0. The number of carboxylic acid groups (broad SMARTS) is 1. The number of nitrogens with one attached hydrogen (secondary N) is 2. The first kappa shape index (κ1) is 14.9. The number of urea groups is 1. The number of amides is 2. The molecule has 6 heteroatoms. The Labute approximate surface area is 122 Å². The van der Waals surface area contributed by atoms with E-state index < -0.39 is 17.5 Å². The zero-order valence-corrected chi connectivity index (χ0v) is 11.7. The Bertz CT molecular complexity index is 604. The van der Waals surface area contributed by atoms with Crippen LogP contribution in [0.1, 0.15) is 30.9 Å². The summed E-state index contributed by atoms with van der Waals surface area (Å²) in [5.41, 5.74) is 0.0780. The van der Waals surface area contributed by atoms with Crippen LogP contribution in [0.5, 0.6) is 0 Å². The highest BCUT2D eigenvalue weighted by Gasteiger charge is 2.48. The number of benzene rings is 1. The van der Waals surface area contributed by atoms with E-state index in [1.165, 1.54) is 6.92 Å². The second kappa shape index (κ2) is 5.83. The summed E-state index contributed by atoms with van der Waals surface area (Å²) >= 11 is 0. The minimum atomic E-state index is -1.22.